The first-order valence-electron chi connectivity index (χ1n) is 31.6. The van der Waals surface area contributed by atoms with Crippen LogP contribution in [0, 0.1) is 23.3 Å². The van der Waals surface area contributed by atoms with E-state index in [9.17, 15) is 50.0 Å². The lowest BCUT2D eigenvalue weighted by Gasteiger charge is -2.13. The second-order valence-electron chi connectivity index (χ2n) is 22.8. The van der Waals surface area contributed by atoms with Gasteiger partial charge in [0.05, 0.1) is 58.0 Å². The van der Waals surface area contributed by atoms with E-state index in [1.54, 1.807) is 67.7 Å². The Hall–Kier alpha value is -9.99. The molecule has 11 aromatic rings. The van der Waals surface area contributed by atoms with Crippen molar-refractivity contribution < 1.29 is 40.3 Å². The molecule has 0 amide bonds. The maximum atomic E-state index is 13.3. The van der Waals surface area contributed by atoms with Crippen LogP contribution in [-0.4, -0.2) is 133 Å². The van der Waals surface area contributed by atoms with Crippen molar-refractivity contribution in [2.75, 3.05) is 45.2 Å². The van der Waals surface area contributed by atoms with E-state index in [0.29, 0.717) is 103 Å². The third kappa shape index (κ3) is 16.3. The van der Waals surface area contributed by atoms with E-state index in [2.05, 4.69) is 50.7 Å². The molecule has 32 heteroatoms. The SMILES string of the molecule is C1CNNC1.COC(=O)C(C(=O)c1ccnc(SC)n1)c1ccc(F)cc1.CS(=O)(=O)c1nccc(-c2c(-c3ccc(F)cc3)c(=O)n3n2CCC3)n1.CSc1nccc(-c2c(-c3ccc(F)cc3)c(=O)n3n2CCC3)n1.CSc1nccc(-c2c(-c3ccc(F)cc3)c(=O)n3n2CCC3)n1. The number of halogens is 4. The van der Waals surface area contributed by atoms with Crippen molar-refractivity contribution in [2.24, 2.45) is 0 Å². The number of hydrazine groups is 1. The van der Waals surface area contributed by atoms with Crippen LogP contribution in [0.1, 0.15) is 47.7 Å². The summed E-state index contributed by atoms with van der Waals surface area (Å²) in [7, 11) is -2.40. The zero-order valence-electron chi connectivity index (χ0n) is 55.1. The van der Waals surface area contributed by atoms with Crippen molar-refractivity contribution in [2.45, 2.75) is 91.5 Å². The highest BCUT2D eigenvalue weighted by molar-refractivity contribution is 7.98. The highest BCUT2D eigenvalue weighted by Gasteiger charge is 2.33. The number of esters is 1. The molecule has 0 bridgehead atoms. The van der Waals surface area contributed by atoms with Gasteiger partial charge in [-0.05, 0) is 140 Å². The zero-order chi connectivity index (χ0) is 71.5. The molecule has 0 aliphatic carbocycles. The first-order chi connectivity index (χ1) is 48.8. The summed E-state index contributed by atoms with van der Waals surface area (Å²) in [6.07, 6.45) is 16.8. The number of benzene rings is 4. The van der Waals surface area contributed by atoms with Crippen molar-refractivity contribution in [1.82, 2.24) is 78.8 Å². The van der Waals surface area contributed by atoms with Crippen molar-refractivity contribution in [3.8, 4) is 67.5 Å². The molecular formula is C69H66F4N16O8S4. The van der Waals surface area contributed by atoms with Crippen molar-refractivity contribution in [3.05, 3.63) is 212 Å². The fraction of sp³-hybridized carbons (Fsp3) is 0.261. The van der Waals surface area contributed by atoms with Gasteiger partial charge in [0.15, 0.2) is 21.3 Å². The summed E-state index contributed by atoms with van der Waals surface area (Å²) in [6, 6.07) is 29.5. The molecule has 0 saturated carbocycles. The average Bonchev–Trinajstić information content (AvgIpc) is 1.62. The van der Waals surface area contributed by atoms with Crippen LogP contribution in [0.25, 0.3) is 67.5 Å². The number of hydrogen-bond acceptors (Lipinski definition) is 21. The number of nitrogens with one attached hydrogen (secondary N) is 2. The van der Waals surface area contributed by atoms with Crippen LogP contribution in [0.15, 0.2) is 181 Å². The molecule has 522 valence electrons. The molecule has 11 heterocycles. The van der Waals surface area contributed by atoms with Gasteiger partial charge in [-0.2, -0.15) is 0 Å². The van der Waals surface area contributed by atoms with Gasteiger partial charge in [-0.3, -0.25) is 48.9 Å². The predicted molar refractivity (Wildman–Crippen MR) is 376 cm³/mol. The van der Waals surface area contributed by atoms with Gasteiger partial charge in [0.2, 0.25) is 15.0 Å². The summed E-state index contributed by atoms with van der Waals surface area (Å²) >= 11 is 4.19. The summed E-state index contributed by atoms with van der Waals surface area (Å²) in [5.74, 6) is -3.92. The number of fused-ring (bicyclic) bond motifs is 3. The summed E-state index contributed by atoms with van der Waals surface area (Å²) in [4.78, 5) is 96.9. The highest BCUT2D eigenvalue weighted by Crippen LogP contribution is 2.36. The second kappa shape index (κ2) is 32.6. The smallest absolute Gasteiger partial charge is 0.321 e. The number of sulfone groups is 1. The Morgan fingerprint density at radius 1 is 0.455 bits per heavy atom. The van der Waals surface area contributed by atoms with Crippen molar-refractivity contribution >= 4 is 56.9 Å². The minimum Gasteiger partial charge on any atom is -0.468 e. The van der Waals surface area contributed by atoms with Crippen molar-refractivity contribution in [1.29, 1.82) is 0 Å². The Balaban J connectivity index is 0.000000132. The van der Waals surface area contributed by atoms with E-state index in [1.807, 2.05) is 34.0 Å². The quantitative estimate of drug-likeness (QED) is 0.0256. The summed E-state index contributed by atoms with van der Waals surface area (Å²) < 4.78 is 92.0. The molecule has 1 atom stereocenters. The second-order valence-corrected chi connectivity index (χ2v) is 27.0. The van der Waals surface area contributed by atoms with Crippen LogP contribution in [0.4, 0.5) is 17.6 Å². The van der Waals surface area contributed by atoms with Crippen LogP contribution >= 0.6 is 35.3 Å². The number of Topliss-reactive ketones (excluding diaryl/α,β-unsaturated/α-hetero) is 1. The van der Waals surface area contributed by atoms with E-state index >= 15 is 0 Å². The highest BCUT2D eigenvalue weighted by atomic mass is 32.2. The normalized spacial score (nSPS) is 13.6. The fourth-order valence-corrected chi connectivity index (χ4v) is 13.4. The van der Waals surface area contributed by atoms with Gasteiger partial charge in [-0.1, -0.05) is 83.8 Å². The van der Waals surface area contributed by atoms with Crippen LogP contribution in [-0.2, 0) is 58.6 Å². The van der Waals surface area contributed by atoms with Crippen molar-refractivity contribution in [3.63, 3.8) is 0 Å². The molecule has 1 fully saturated rings. The van der Waals surface area contributed by atoms with Gasteiger partial charge < -0.3 is 4.74 Å². The van der Waals surface area contributed by atoms with Gasteiger partial charge >= 0.3 is 5.97 Å². The first-order valence-corrected chi connectivity index (χ1v) is 37.1. The molecule has 24 nitrogen and oxygen atoms in total. The number of carbonyl (C=O) groups is 2. The van der Waals surface area contributed by atoms with E-state index in [4.69, 9.17) is 4.74 Å². The number of thioether (sulfide) groups is 3. The van der Waals surface area contributed by atoms with Gasteiger partial charge in [0.1, 0.15) is 34.9 Å². The minimum absolute atomic E-state index is 0.0570. The maximum Gasteiger partial charge on any atom is 0.321 e. The maximum absolute atomic E-state index is 13.3. The Morgan fingerprint density at radius 2 is 0.792 bits per heavy atom. The Morgan fingerprint density at radius 3 is 1.14 bits per heavy atom. The molecule has 1 unspecified atom stereocenters. The third-order valence-corrected chi connectivity index (χ3v) is 18.9. The monoisotopic (exact) mass is 1450 g/mol. The topological polar surface area (TPSA) is 285 Å². The molecule has 0 spiro atoms. The van der Waals surface area contributed by atoms with Gasteiger partial charge in [0.25, 0.3) is 16.7 Å². The van der Waals surface area contributed by atoms with Crippen LogP contribution in [0.5, 0.6) is 0 Å². The van der Waals surface area contributed by atoms with Crippen LogP contribution in [0.3, 0.4) is 0 Å². The molecule has 7 aromatic heterocycles. The van der Waals surface area contributed by atoms with E-state index in [0.717, 1.165) is 63.1 Å². The Kier molecular flexibility index (Phi) is 23.3. The lowest BCUT2D eigenvalue weighted by molar-refractivity contribution is -0.141. The number of hydrogen-bond donors (Lipinski definition) is 2. The number of nitrogens with zero attached hydrogens (tertiary/aromatic N) is 14. The molecule has 4 aromatic carbocycles. The number of ether oxygens (including phenoxy) is 1. The fourth-order valence-electron chi connectivity index (χ4n) is 11.8. The number of ketones is 1. The standard InChI is InChI=1S/C17H15FN4O3S.2C17H15FN4OS.C15H13FN2O3S.C3H8N2/c1-26(24,25)17-19-8-7-13(20-17)15-14(11-3-5-12(18)6-4-11)16(23)22-10-2-9-21(15)22;2*1-24-17-19-8-7-13(20-17)15-14(11-3-5-12(18)6-4-11)16(23)22-10-2-9-21(15)22;1-21-14(20)12(9-3-5-10(16)6-4-9)13(19)11-7-8-17-15(18-11)22-2;1-2-4-5-3-1/h3-8H,2,9-10H2,1H3;2*3-8H,2,9-10H2,1H3;3-8,12H,1-2H3;4-5H,1-3H2. The summed E-state index contributed by atoms with van der Waals surface area (Å²) in [5, 5.41) is 1.44. The Bertz CT molecular complexity index is 4960. The lowest BCUT2D eigenvalue weighted by atomic mass is 9.93. The molecule has 1 saturated heterocycles. The molecule has 4 aliphatic heterocycles. The number of rotatable bonds is 14. The van der Waals surface area contributed by atoms with Crippen LogP contribution < -0.4 is 27.5 Å². The number of methoxy groups -OCH3 is 1. The third-order valence-electron chi connectivity index (χ3n) is 16.3. The Labute approximate surface area is 588 Å². The van der Waals surface area contributed by atoms with E-state index in [-0.39, 0.29) is 39.2 Å². The average molecular weight is 1450 g/mol. The summed E-state index contributed by atoms with van der Waals surface area (Å²) in [5.41, 5.74) is 13.4. The van der Waals surface area contributed by atoms with E-state index < -0.39 is 39.1 Å². The van der Waals surface area contributed by atoms with Gasteiger partial charge in [-0.25, -0.2) is 79.9 Å². The minimum atomic E-state index is -3.59. The molecule has 0 radical (unpaired) electrons. The zero-order valence-corrected chi connectivity index (χ0v) is 58.4. The first kappa shape index (κ1) is 72.3. The van der Waals surface area contributed by atoms with Gasteiger partial charge in [-0.15, -0.1) is 0 Å². The van der Waals surface area contributed by atoms with E-state index in [1.165, 1.54) is 140 Å². The molecule has 4 aliphatic rings. The number of carbonyl (C=O) groups excluding carboxylic acids is 2. The van der Waals surface area contributed by atoms with Gasteiger partial charge in [0, 0.05) is 83.4 Å². The molecule has 15 rings (SSSR count). The lowest BCUT2D eigenvalue weighted by Crippen LogP contribution is -2.24. The molecule has 101 heavy (non-hydrogen) atoms. The van der Waals surface area contributed by atoms with Crippen LogP contribution in [0.2, 0.25) is 0 Å². The molecule has 2 N–H and O–H groups in total. The predicted octanol–water partition coefficient (Wildman–Crippen LogP) is 9.76. The summed E-state index contributed by atoms with van der Waals surface area (Å²) in [6.45, 7) is 6.37. The largest absolute Gasteiger partial charge is 0.468 e. The number of aromatic nitrogens is 14. The molecular weight excluding hydrogens is 1390 g/mol.